The molecule has 0 saturated carbocycles. The SMILES string of the molecule is Oc1ccccc1C1=NC(c2ccc(Cl)cc2)C(c2ccc(Cl)cc2)N1. The van der Waals surface area contributed by atoms with E-state index in [0.717, 1.165) is 11.1 Å². The van der Waals surface area contributed by atoms with Gasteiger partial charge in [-0.15, -0.1) is 0 Å². The minimum absolute atomic E-state index is 0.0666. The molecule has 0 amide bonds. The van der Waals surface area contributed by atoms with E-state index >= 15 is 0 Å². The average Bonchev–Trinajstić information content (AvgIpc) is 3.08. The van der Waals surface area contributed by atoms with Gasteiger partial charge >= 0.3 is 0 Å². The molecule has 0 saturated heterocycles. The molecule has 1 aliphatic heterocycles. The molecule has 0 fully saturated rings. The molecule has 5 heteroatoms. The first-order valence-electron chi connectivity index (χ1n) is 8.25. The third-order valence-corrected chi connectivity index (χ3v) is 4.98. The predicted octanol–water partition coefficient (Wildman–Crippen LogP) is 5.53. The zero-order chi connectivity index (χ0) is 18.1. The van der Waals surface area contributed by atoms with Crippen LogP contribution in [0.1, 0.15) is 28.8 Å². The van der Waals surface area contributed by atoms with Crippen molar-refractivity contribution in [1.29, 1.82) is 0 Å². The molecule has 3 aromatic rings. The number of aromatic hydroxyl groups is 1. The molecule has 2 unspecified atom stereocenters. The summed E-state index contributed by atoms with van der Waals surface area (Å²) in [7, 11) is 0. The molecular formula is C21H16Cl2N2O. The van der Waals surface area contributed by atoms with Crippen molar-refractivity contribution in [1.82, 2.24) is 5.32 Å². The Hall–Kier alpha value is -2.49. The molecule has 1 heterocycles. The highest BCUT2D eigenvalue weighted by Crippen LogP contribution is 2.38. The van der Waals surface area contributed by atoms with Crippen molar-refractivity contribution >= 4 is 29.0 Å². The van der Waals surface area contributed by atoms with Crippen LogP contribution in [0.4, 0.5) is 0 Å². The molecule has 2 atom stereocenters. The number of amidine groups is 1. The van der Waals surface area contributed by atoms with Crippen molar-refractivity contribution in [2.45, 2.75) is 12.1 Å². The Morgan fingerprint density at radius 2 is 1.35 bits per heavy atom. The van der Waals surface area contributed by atoms with E-state index < -0.39 is 0 Å². The van der Waals surface area contributed by atoms with Crippen LogP contribution in [0.15, 0.2) is 77.8 Å². The Morgan fingerprint density at radius 3 is 1.96 bits per heavy atom. The van der Waals surface area contributed by atoms with Gasteiger partial charge in [-0.05, 0) is 47.5 Å². The molecule has 4 rings (SSSR count). The van der Waals surface area contributed by atoms with Crippen molar-refractivity contribution in [3.63, 3.8) is 0 Å². The monoisotopic (exact) mass is 382 g/mol. The number of benzene rings is 3. The number of rotatable bonds is 3. The minimum Gasteiger partial charge on any atom is -0.507 e. The van der Waals surface area contributed by atoms with Crippen molar-refractivity contribution in [2.24, 2.45) is 4.99 Å². The molecule has 0 spiro atoms. The van der Waals surface area contributed by atoms with Crippen LogP contribution in [0.2, 0.25) is 10.0 Å². The smallest absolute Gasteiger partial charge is 0.133 e. The number of nitrogens with zero attached hydrogens (tertiary/aromatic N) is 1. The van der Waals surface area contributed by atoms with Gasteiger partial charge in [0.1, 0.15) is 17.6 Å². The summed E-state index contributed by atoms with van der Waals surface area (Å²) in [6.07, 6.45) is 0. The van der Waals surface area contributed by atoms with Crippen LogP contribution in [0, 0.1) is 0 Å². The summed E-state index contributed by atoms with van der Waals surface area (Å²) in [4.78, 5) is 4.87. The standard InChI is InChI=1S/C21H16Cl2N2O/c22-15-9-5-13(6-10-15)19-20(14-7-11-16(23)12-8-14)25-21(24-19)17-3-1-2-4-18(17)26/h1-12,19-20,26H,(H,24,25). The number of phenolic OH excluding ortho intramolecular Hbond substituents is 1. The Balaban J connectivity index is 1.77. The van der Waals surface area contributed by atoms with Crippen molar-refractivity contribution in [3.05, 3.63) is 99.5 Å². The van der Waals surface area contributed by atoms with E-state index in [2.05, 4.69) is 5.32 Å². The van der Waals surface area contributed by atoms with Gasteiger partial charge in [-0.25, -0.2) is 0 Å². The molecule has 2 N–H and O–H groups in total. The Bertz CT molecular complexity index is 953. The Kier molecular flexibility index (Phi) is 4.58. The Morgan fingerprint density at radius 1 is 0.769 bits per heavy atom. The van der Waals surface area contributed by atoms with E-state index in [4.69, 9.17) is 28.2 Å². The molecule has 0 aliphatic carbocycles. The van der Waals surface area contributed by atoms with Gasteiger partial charge in [0.15, 0.2) is 0 Å². The van der Waals surface area contributed by atoms with Crippen LogP contribution in [0.5, 0.6) is 5.75 Å². The second-order valence-electron chi connectivity index (χ2n) is 6.16. The summed E-state index contributed by atoms with van der Waals surface area (Å²) < 4.78 is 0. The first-order chi connectivity index (χ1) is 12.6. The molecule has 0 radical (unpaired) electrons. The van der Waals surface area contributed by atoms with Gasteiger partial charge < -0.3 is 10.4 Å². The van der Waals surface area contributed by atoms with Crippen molar-refractivity contribution in [3.8, 4) is 5.75 Å². The molecule has 26 heavy (non-hydrogen) atoms. The van der Waals surface area contributed by atoms with Crippen molar-refractivity contribution < 1.29 is 5.11 Å². The molecule has 130 valence electrons. The lowest BCUT2D eigenvalue weighted by atomic mass is 9.95. The number of halogens is 2. The quantitative estimate of drug-likeness (QED) is 0.625. The molecule has 1 aliphatic rings. The largest absolute Gasteiger partial charge is 0.507 e. The Labute approximate surface area is 161 Å². The summed E-state index contributed by atoms with van der Waals surface area (Å²) in [5.74, 6) is 0.869. The van der Waals surface area contributed by atoms with Crippen LogP contribution >= 0.6 is 23.2 Å². The van der Waals surface area contributed by atoms with Crippen LogP contribution in [-0.2, 0) is 0 Å². The van der Waals surface area contributed by atoms with Crippen LogP contribution in [-0.4, -0.2) is 10.9 Å². The van der Waals surface area contributed by atoms with E-state index in [0.29, 0.717) is 21.4 Å². The zero-order valence-electron chi connectivity index (χ0n) is 13.7. The van der Waals surface area contributed by atoms with Crippen LogP contribution in [0.25, 0.3) is 0 Å². The highest BCUT2D eigenvalue weighted by Gasteiger charge is 2.32. The number of nitrogens with one attached hydrogen (secondary N) is 1. The van der Waals surface area contributed by atoms with Crippen molar-refractivity contribution in [2.75, 3.05) is 0 Å². The fourth-order valence-electron chi connectivity index (χ4n) is 3.16. The summed E-state index contributed by atoms with van der Waals surface area (Å²) in [6, 6.07) is 22.4. The summed E-state index contributed by atoms with van der Waals surface area (Å²) in [5.41, 5.74) is 2.80. The fourth-order valence-corrected chi connectivity index (χ4v) is 3.41. The number of hydrogen-bond acceptors (Lipinski definition) is 3. The predicted molar refractivity (Wildman–Crippen MR) is 106 cm³/mol. The van der Waals surface area contributed by atoms with E-state index in [1.54, 1.807) is 12.1 Å². The van der Waals surface area contributed by atoms with Gasteiger partial charge in [0, 0.05) is 10.0 Å². The average molecular weight is 383 g/mol. The molecular weight excluding hydrogens is 367 g/mol. The first kappa shape index (κ1) is 17.0. The van der Waals surface area contributed by atoms with E-state index in [1.165, 1.54) is 0 Å². The highest BCUT2D eigenvalue weighted by molar-refractivity contribution is 6.30. The second-order valence-corrected chi connectivity index (χ2v) is 7.04. The minimum atomic E-state index is -0.136. The molecule has 0 bridgehead atoms. The first-order valence-corrected chi connectivity index (χ1v) is 9.01. The zero-order valence-corrected chi connectivity index (χ0v) is 15.2. The number of hydrogen-bond donors (Lipinski definition) is 2. The second kappa shape index (κ2) is 7.02. The number of phenols is 1. The van der Waals surface area contributed by atoms with Crippen LogP contribution in [0.3, 0.4) is 0 Å². The van der Waals surface area contributed by atoms with Gasteiger partial charge in [-0.2, -0.15) is 0 Å². The van der Waals surface area contributed by atoms with E-state index in [9.17, 15) is 5.11 Å². The normalized spacial score (nSPS) is 19.1. The summed E-state index contributed by atoms with van der Waals surface area (Å²) in [5, 5.41) is 15.0. The third-order valence-electron chi connectivity index (χ3n) is 4.48. The lowest BCUT2D eigenvalue weighted by Crippen LogP contribution is -2.25. The van der Waals surface area contributed by atoms with Gasteiger partial charge in [0.25, 0.3) is 0 Å². The van der Waals surface area contributed by atoms with Crippen LogP contribution < -0.4 is 5.32 Å². The molecule has 3 nitrogen and oxygen atoms in total. The lowest BCUT2D eigenvalue weighted by molar-refractivity contribution is 0.474. The van der Waals surface area contributed by atoms with Gasteiger partial charge in [0.05, 0.1) is 11.6 Å². The maximum Gasteiger partial charge on any atom is 0.133 e. The van der Waals surface area contributed by atoms with Gasteiger partial charge in [-0.1, -0.05) is 59.6 Å². The highest BCUT2D eigenvalue weighted by atomic mass is 35.5. The lowest BCUT2D eigenvalue weighted by Gasteiger charge is -2.20. The number of para-hydroxylation sites is 1. The topological polar surface area (TPSA) is 44.6 Å². The fraction of sp³-hybridized carbons (Fsp3) is 0.0952. The summed E-state index contributed by atoms with van der Waals surface area (Å²) >= 11 is 12.1. The molecule has 3 aromatic carbocycles. The maximum absolute atomic E-state index is 10.2. The van der Waals surface area contributed by atoms with E-state index in [-0.39, 0.29) is 17.8 Å². The summed E-state index contributed by atoms with van der Waals surface area (Å²) in [6.45, 7) is 0. The third kappa shape index (κ3) is 3.28. The van der Waals surface area contributed by atoms with Gasteiger partial charge in [0.2, 0.25) is 0 Å². The number of aliphatic imine (C=N–C) groups is 1. The molecule has 0 aromatic heterocycles. The van der Waals surface area contributed by atoms with Gasteiger partial charge in [-0.3, -0.25) is 4.99 Å². The maximum atomic E-state index is 10.2. The van der Waals surface area contributed by atoms with E-state index in [1.807, 2.05) is 60.7 Å².